The lowest BCUT2D eigenvalue weighted by molar-refractivity contribution is -0.121. The second kappa shape index (κ2) is 6.94. The van der Waals surface area contributed by atoms with Gasteiger partial charge in [0, 0.05) is 19.4 Å². The minimum Gasteiger partial charge on any atom is -0.356 e. The zero-order valence-electron chi connectivity index (χ0n) is 8.70. The van der Waals surface area contributed by atoms with Crippen LogP contribution in [0, 0.1) is 0 Å². The van der Waals surface area contributed by atoms with Gasteiger partial charge in [0.2, 0.25) is 5.91 Å². The van der Waals surface area contributed by atoms with Crippen molar-refractivity contribution in [2.75, 3.05) is 13.1 Å². The summed E-state index contributed by atoms with van der Waals surface area (Å²) in [6.07, 6.45) is 4.41. The van der Waals surface area contributed by atoms with E-state index in [2.05, 4.69) is 20.5 Å². The van der Waals surface area contributed by atoms with Gasteiger partial charge in [-0.05, 0) is 19.4 Å². The molecule has 84 valence electrons. The normalized spacial score (nSPS) is 10.2. The quantitative estimate of drug-likeness (QED) is 0.534. The van der Waals surface area contributed by atoms with Crippen LogP contribution in [0.1, 0.15) is 25.1 Å². The summed E-state index contributed by atoms with van der Waals surface area (Å²) in [6.45, 7) is 1.23. The van der Waals surface area contributed by atoms with E-state index in [0.717, 1.165) is 25.1 Å². The number of carbonyl (C=O) groups is 1. The minimum atomic E-state index is 0.0676. The molecule has 1 aromatic heterocycles. The highest BCUT2D eigenvalue weighted by molar-refractivity contribution is 5.75. The van der Waals surface area contributed by atoms with E-state index in [4.69, 9.17) is 5.73 Å². The molecule has 1 amide bonds. The van der Waals surface area contributed by atoms with E-state index in [0.29, 0.717) is 19.5 Å². The number of hydrogen-bond donors (Lipinski definition) is 3. The third-order valence-electron chi connectivity index (χ3n) is 1.99. The number of hydrogen-bond acceptors (Lipinski definition) is 4. The first-order valence-electron chi connectivity index (χ1n) is 5.14. The predicted molar refractivity (Wildman–Crippen MR) is 56.0 cm³/mol. The van der Waals surface area contributed by atoms with Crippen molar-refractivity contribution in [3.8, 4) is 0 Å². The van der Waals surface area contributed by atoms with E-state index in [9.17, 15) is 4.79 Å². The molecule has 0 fully saturated rings. The smallest absolute Gasteiger partial charge is 0.220 e. The van der Waals surface area contributed by atoms with Gasteiger partial charge < -0.3 is 11.1 Å². The van der Waals surface area contributed by atoms with E-state index in [1.54, 1.807) is 0 Å². The molecule has 1 aromatic rings. The van der Waals surface area contributed by atoms with Crippen molar-refractivity contribution in [2.24, 2.45) is 5.73 Å². The molecule has 0 saturated heterocycles. The first-order valence-corrected chi connectivity index (χ1v) is 5.14. The van der Waals surface area contributed by atoms with E-state index in [1.165, 1.54) is 6.33 Å². The Bertz CT molecular complexity index is 272. The molecule has 0 saturated carbocycles. The lowest BCUT2D eigenvalue weighted by Gasteiger charge is -2.03. The highest BCUT2D eigenvalue weighted by Gasteiger charge is 2.00. The van der Waals surface area contributed by atoms with Crippen LogP contribution in [0.4, 0.5) is 0 Å². The fourth-order valence-electron chi connectivity index (χ4n) is 1.19. The summed E-state index contributed by atoms with van der Waals surface area (Å²) in [5, 5.41) is 9.33. The number of nitrogens with zero attached hydrogens (tertiary/aromatic N) is 2. The van der Waals surface area contributed by atoms with E-state index < -0.39 is 0 Å². The molecule has 0 spiro atoms. The van der Waals surface area contributed by atoms with Crippen molar-refractivity contribution in [1.82, 2.24) is 20.5 Å². The highest BCUT2D eigenvalue weighted by Crippen LogP contribution is 1.92. The summed E-state index contributed by atoms with van der Waals surface area (Å²) < 4.78 is 0. The Morgan fingerprint density at radius 2 is 2.40 bits per heavy atom. The monoisotopic (exact) mass is 211 g/mol. The van der Waals surface area contributed by atoms with Crippen LogP contribution in [0.3, 0.4) is 0 Å². The van der Waals surface area contributed by atoms with Gasteiger partial charge in [0.25, 0.3) is 0 Å². The van der Waals surface area contributed by atoms with Crippen molar-refractivity contribution >= 4 is 5.91 Å². The fourth-order valence-corrected chi connectivity index (χ4v) is 1.19. The molecule has 0 bridgehead atoms. The number of nitrogens with one attached hydrogen (secondary N) is 2. The van der Waals surface area contributed by atoms with Crippen LogP contribution in [0.25, 0.3) is 0 Å². The van der Waals surface area contributed by atoms with E-state index in [-0.39, 0.29) is 5.91 Å². The molecule has 0 atom stereocenters. The van der Waals surface area contributed by atoms with Gasteiger partial charge in [-0.2, -0.15) is 5.10 Å². The molecule has 1 heterocycles. The maximum atomic E-state index is 11.2. The number of aromatic amines is 1. The molecule has 1 rings (SSSR count). The van der Waals surface area contributed by atoms with Gasteiger partial charge in [-0.1, -0.05) is 0 Å². The van der Waals surface area contributed by atoms with E-state index >= 15 is 0 Å². The largest absolute Gasteiger partial charge is 0.356 e. The van der Waals surface area contributed by atoms with Gasteiger partial charge >= 0.3 is 0 Å². The maximum absolute atomic E-state index is 11.2. The van der Waals surface area contributed by atoms with Gasteiger partial charge in [0.15, 0.2) is 0 Å². The summed E-state index contributed by atoms with van der Waals surface area (Å²) in [4.78, 5) is 15.1. The number of carbonyl (C=O) groups excluding carboxylic acids is 1. The molecule has 0 aliphatic heterocycles. The van der Waals surface area contributed by atoms with Crippen molar-refractivity contribution in [3.05, 3.63) is 12.2 Å². The summed E-state index contributed by atoms with van der Waals surface area (Å²) >= 11 is 0. The number of amides is 1. The molecular weight excluding hydrogens is 194 g/mol. The number of rotatable bonds is 7. The molecule has 0 radical (unpaired) electrons. The number of aromatic nitrogens is 3. The van der Waals surface area contributed by atoms with Crippen molar-refractivity contribution in [2.45, 2.75) is 25.7 Å². The van der Waals surface area contributed by atoms with Crippen LogP contribution in [-0.4, -0.2) is 34.2 Å². The first-order chi connectivity index (χ1) is 7.33. The van der Waals surface area contributed by atoms with Crippen LogP contribution < -0.4 is 11.1 Å². The fraction of sp³-hybridized carbons (Fsp3) is 0.667. The SMILES string of the molecule is NCCCC(=O)NCCCc1ncn[nH]1. The van der Waals surface area contributed by atoms with Crippen molar-refractivity contribution < 1.29 is 4.79 Å². The molecule has 0 aromatic carbocycles. The lowest BCUT2D eigenvalue weighted by atomic mass is 10.2. The van der Waals surface area contributed by atoms with Gasteiger partial charge in [0.1, 0.15) is 12.2 Å². The Hall–Kier alpha value is -1.43. The van der Waals surface area contributed by atoms with Crippen molar-refractivity contribution in [1.29, 1.82) is 0 Å². The van der Waals surface area contributed by atoms with Crippen LogP contribution >= 0.6 is 0 Å². The summed E-state index contributed by atoms with van der Waals surface area (Å²) in [5.74, 6) is 0.921. The number of aryl methyl sites for hydroxylation is 1. The third kappa shape index (κ3) is 5.11. The van der Waals surface area contributed by atoms with Crippen molar-refractivity contribution in [3.63, 3.8) is 0 Å². The second-order valence-corrected chi connectivity index (χ2v) is 3.28. The maximum Gasteiger partial charge on any atom is 0.220 e. The Balaban J connectivity index is 1.99. The third-order valence-corrected chi connectivity index (χ3v) is 1.99. The zero-order valence-corrected chi connectivity index (χ0v) is 8.70. The molecule has 0 aliphatic carbocycles. The van der Waals surface area contributed by atoms with Crippen LogP contribution in [0.5, 0.6) is 0 Å². The standard InChI is InChI=1S/C9H17N5O/c10-5-1-4-9(15)11-6-2-3-8-12-7-13-14-8/h7H,1-6,10H2,(H,11,15)(H,12,13,14). The second-order valence-electron chi connectivity index (χ2n) is 3.28. The molecule has 15 heavy (non-hydrogen) atoms. The average molecular weight is 211 g/mol. The Morgan fingerprint density at radius 3 is 3.07 bits per heavy atom. The summed E-state index contributed by atoms with van der Waals surface area (Å²) in [5.41, 5.74) is 5.30. The number of H-pyrrole nitrogens is 1. The van der Waals surface area contributed by atoms with Gasteiger partial charge in [-0.3, -0.25) is 9.89 Å². The Kier molecular flexibility index (Phi) is 5.39. The highest BCUT2D eigenvalue weighted by atomic mass is 16.1. The molecular formula is C9H17N5O. The zero-order chi connectivity index (χ0) is 10.9. The first kappa shape index (κ1) is 11.6. The lowest BCUT2D eigenvalue weighted by Crippen LogP contribution is -2.25. The summed E-state index contributed by atoms with van der Waals surface area (Å²) in [6, 6.07) is 0. The van der Waals surface area contributed by atoms with Crippen LogP contribution in [0.15, 0.2) is 6.33 Å². The predicted octanol–water partition coefficient (Wildman–Crippen LogP) is -0.408. The van der Waals surface area contributed by atoms with E-state index in [1.807, 2.05) is 0 Å². The Labute approximate surface area is 88.7 Å². The van der Waals surface area contributed by atoms with Crippen LogP contribution in [-0.2, 0) is 11.2 Å². The van der Waals surface area contributed by atoms with Gasteiger partial charge in [0.05, 0.1) is 0 Å². The molecule has 4 N–H and O–H groups in total. The molecule has 6 heteroatoms. The number of nitrogens with two attached hydrogens (primary N) is 1. The molecule has 0 aliphatic rings. The Morgan fingerprint density at radius 1 is 1.53 bits per heavy atom. The molecule has 6 nitrogen and oxygen atoms in total. The average Bonchev–Trinajstić information content (AvgIpc) is 2.74. The topological polar surface area (TPSA) is 96.7 Å². The summed E-state index contributed by atoms with van der Waals surface area (Å²) in [7, 11) is 0. The molecule has 0 unspecified atom stereocenters. The van der Waals surface area contributed by atoms with Gasteiger partial charge in [-0.25, -0.2) is 4.98 Å². The minimum absolute atomic E-state index is 0.0676. The van der Waals surface area contributed by atoms with Gasteiger partial charge in [-0.15, -0.1) is 0 Å². The van der Waals surface area contributed by atoms with Crippen LogP contribution in [0.2, 0.25) is 0 Å².